The van der Waals surface area contributed by atoms with E-state index in [2.05, 4.69) is 0 Å². The van der Waals surface area contributed by atoms with Gasteiger partial charge in [0.05, 0.1) is 25.2 Å². The Bertz CT molecular complexity index is 289. The minimum atomic E-state index is -0.342. The fourth-order valence-corrected chi connectivity index (χ4v) is 2.08. The van der Waals surface area contributed by atoms with Gasteiger partial charge in [-0.15, -0.1) is 0 Å². The lowest BCUT2D eigenvalue weighted by molar-refractivity contribution is -0.152. The summed E-state index contributed by atoms with van der Waals surface area (Å²) >= 11 is 0. The second-order valence-electron chi connectivity index (χ2n) is 4.35. The van der Waals surface area contributed by atoms with Crippen LogP contribution in [-0.4, -0.2) is 37.4 Å². The number of ether oxygens (including phenoxy) is 3. The van der Waals surface area contributed by atoms with Gasteiger partial charge in [-0.2, -0.15) is 0 Å². The molecule has 1 aliphatic rings. The van der Waals surface area contributed by atoms with Gasteiger partial charge in [-0.1, -0.05) is 6.92 Å². The largest absolute Gasteiger partial charge is 0.466 e. The Morgan fingerprint density at radius 1 is 1.47 bits per heavy atom. The summed E-state index contributed by atoms with van der Waals surface area (Å²) in [6.45, 7) is 7.53. The van der Waals surface area contributed by atoms with Crippen molar-refractivity contribution in [3.05, 3.63) is 0 Å². The average Bonchev–Trinajstić information content (AvgIpc) is 2.59. The first kappa shape index (κ1) is 14.0. The highest BCUT2D eigenvalue weighted by Crippen LogP contribution is 2.29. The molecule has 0 spiro atoms. The Labute approximate surface area is 101 Å². The summed E-state index contributed by atoms with van der Waals surface area (Å²) in [5.74, 6) is -0.938. The van der Waals surface area contributed by atoms with Crippen molar-refractivity contribution in [3.63, 3.8) is 0 Å². The molecule has 0 aromatic heterocycles. The van der Waals surface area contributed by atoms with Gasteiger partial charge in [-0.25, -0.2) is 0 Å². The standard InChI is InChI=1S/C12H20O5/c1-5-15-12(14)8(3)11-7(2)10(6-16-11)17-9(4)13/h7-8,10-11H,5-6H2,1-4H3/t7-,8-,10-,11-/m0/s1. The van der Waals surface area contributed by atoms with Crippen molar-refractivity contribution in [2.75, 3.05) is 13.2 Å². The fraction of sp³-hybridized carbons (Fsp3) is 0.833. The van der Waals surface area contributed by atoms with E-state index in [0.29, 0.717) is 13.2 Å². The van der Waals surface area contributed by atoms with Gasteiger partial charge in [-0.3, -0.25) is 9.59 Å². The molecule has 17 heavy (non-hydrogen) atoms. The highest BCUT2D eigenvalue weighted by Gasteiger charge is 2.41. The summed E-state index contributed by atoms with van der Waals surface area (Å²) < 4.78 is 15.6. The third-order valence-corrected chi connectivity index (χ3v) is 3.03. The normalized spacial score (nSPS) is 29.8. The Morgan fingerprint density at radius 2 is 2.12 bits per heavy atom. The van der Waals surface area contributed by atoms with E-state index in [1.54, 1.807) is 13.8 Å². The van der Waals surface area contributed by atoms with Gasteiger partial charge >= 0.3 is 11.9 Å². The van der Waals surface area contributed by atoms with E-state index in [-0.39, 0.29) is 36.0 Å². The van der Waals surface area contributed by atoms with Crippen molar-refractivity contribution >= 4 is 11.9 Å². The van der Waals surface area contributed by atoms with Gasteiger partial charge in [0, 0.05) is 12.8 Å². The van der Waals surface area contributed by atoms with E-state index < -0.39 is 0 Å². The molecule has 4 atom stereocenters. The molecule has 98 valence electrons. The molecule has 0 aromatic rings. The molecule has 0 aromatic carbocycles. The van der Waals surface area contributed by atoms with Crippen LogP contribution in [-0.2, 0) is 23.8 Å². The van der Waals surface area contributed by atoms with Crippen molar-refractivity contribution in [3.8, 4) is 0 Å². The van der Waals surface area contributed by atoms with E-state index in [1.807, 2.05) is 6.92 Å². The van der Waals surface area contributed by atoms with Crippen LogP contribution in [0.3, 0.4) is 0 Å². The summed E-state index contributed by atoms with van der Waals surface area (Å²) in [6.07, 6.45) is -0.521. The minimum absolute atomic E-state index is 0.00157. The van der Waals surface area contributed by atoms with E-state index in [0.717, 1.165) is 0 Å². The molecular weight excluding hydrogens is 224 g/mol. The number of hydrogen-bond donors (Lipinski definition) is 0. The number of carbonyl (C=O) groups excluding carboxylic acids is 2. The highest BCUT2D eigenvalue weighted by molar-refractivity contribution is 5.72. The zero-order chi connectivity index (χ0) is 13.0. The number of esters is 2. The molecule has 0 aliphatic carbocycles. The monoisotopic (exact) mass is 244 g/mol. The lowest BCUT2D eigenvalue weighted by Crippen LogP contribution is -2.34. The van der Waals surface area contributed by atoms with Crippen molar-refractivity contribution in [2.45, 2.75) is 39.9 Å². The van der Waals surface area contributed by atoms with Crippen LogP contribution >= 0.6 is 0 Å². The maximum atomic E-state index is 11.6. The Hall–Kier alpha value is -1.10. The zero-order valence-corrected chi connectivity index (χ0v) is 10.8. The lowest BCUT2D eigenvalue weighted by Gasteiger charge is -2.22. The van der Waals surface area contributed by atoms with Crippen molar-refractivity contribution in [1.82, 2.24) is 0 Å². The van der Waals surface area contributed by atoms with E-state index in [9.17, 15) is 9.59 Å². The first-order valence-corrected chi connectivity index (χ1v) is 5.92. The van der Waals surface area contributed by atoms with Crippen molar-refractivity contribution in [2.24, 2.45) is 11.8 Å². The number of hydrogen-bond acceptors (Lipinski definition) is 5. The lowest BCUT2D eigenvalue weighted by atomic mass is 9.92. The maximum Gasteiger partial charge on any atom is 0.311 e. The van der Waals surface area contributed by atoms with Crippen molar-refractivity contribution < 1.29 is 23.8 Å². The van der Waals surface area contributed by atoms with E-state index in [4.69, 9.17) is 14.2 Å². The molecule has 5 heteroatoms. The van der Waals surface area contributed by atoms with Crippen molar-refractivity contribution in [1.29, 1.82) is 0 Å². The van der Waals surface area contributed by atoms with E-state index >= 15 is 0 Å². The molecule has 1 saturated heterocycles. The predicted octanol–water partition coefficient (Wildman–Crippen LogP) is 1.15. The summed E-state index contributed by atoms with van der Waals surface area (Å²) in [7, 11) is 0. The van der Waals surface area contributed by atoms with Gasteiger partial charge in [0.2, 0.25) is 0 Å². The molecule has 0 bridgehead atoms. The van der Waals surface area contributed by atoms with Gasteiger partial charge in [0.25, 0.3) is 0 Å². The first-order valence-electron chi connectivity index (χ1n) is 5.92. The molecular formula is C12H20O5. The zero-order valence-electron chi connectivity index (χ0n) is 10.8. The molecule has 1 heterocycles. The van der Waals surface area contributed by atoms with Crippen LogP contribution < -0.4 is 0 Å². The predicted molar refractivity (Wildman–Crippen MR) is 60.3 cm³/mol. The second kappa shape index (κ2) is 6.00. The van der Waals surface area contributed by atoms with Crippen LogP contribution in [0.1, 0.15) is 27.7 Å². The average molecular weight is 244 g/mol. The molecule has 0 radical (unpaired) electrons. The van der Waals surface area contributed by atoms with E-state index in [1.165, 1.54) is 6.92 Å². The topological polar surface area (TPSA) is 61.8 Å². The van der Waals surface area contributed by atoms with Gasteiger partial charge in [0.15, 0.2) is 0 Å². The molecule has 0 unspecified atom stereocenters. The van der Waals surface area contributed by atoms with Gasteiger partial charge < -0.3 is 14.2 Å². The summed E-state index contributed by atoms with van der Waals surface area (Å²) in [6, 6.07) is 0. The van der Waals surface area contributed by atoms with Crippen LogP contribution in [0.15, 0.2) is 0 Å². The molecule has 0 amide bonds. The van der Waals surface area contributed by atoms with Crippen LogP contribution in [0.5, 0.6) is 0 Å². The second-order valence-corrected chi connectivity index (χ2v) is 4.35. The third kappa shape index (κ3) is 3.43. The fourth-order valence-electron chi connectivity index (χ4n) is 2.08. The smallest absolute Gasteiger partial charge is 0.311 e. The molecule has 0 N–H and O–H groups in total. The quantitative estimate of drug-likeness (QED) is 0.694. The van der Waals surface area contributed by atoms with Crippen LogP contribution in [0.4, 0.5) is 0 Å². The Balaban J connectivity index is 2.56. The summed E-state index contributed by atoms with van der Waals surface area (Å²) in [5.41, 5.74) is 0. The van der Waals surface area contributed by atoms with Crippen LogP contribution in [0, 0.1) is 11.8 Å². The SMILES string of the molecule is CCOC(=O)[C@@H](C)[C@H]1OC[C@H](OC(C)=O)[C@@H]1C. The Morgan fingerprint density at radius 3 is 2.65 bits per heavy atom. The number of rotatable bonds is 4. The van der Waals surface area contributed by atoms with Crippen LogP contribution in [0.2, 0.25) is 0 Å². The summed E-state index contributed by atoms with van der Waals surface area (Å²) in [5, 5.41) is 0. The highest BCUT2D eigenvalue weighted by atomic mass is 16.6. The first-order chi connectivity index (χ1) is 7.97. The summed E-state index contributed by atoms with van der Waals surface area (Å²) in [4.78, 5) is 22.5. The third-order valence-electron chi connectivity index (χ3n) is 3.03. The van der Waals surface area contributed by atoms with Gasteiger partial charge in [-0.05, 0) is 13.8 Å². The molecule has 0 saturated carbocycles. The number of carbonyl (C=O) groups is 2. The maximum absolute atomic E-state index is 11.6. The molecule has 1 aliphatic heterocycles. The molecule has 5 nitrogen and oxygen atoms in total. The van der Waals surface area contributed by atoms with Gasteiger partial charge in [0.1, 0.15) is 6.10 Å². The Kier molecular flexibility index (Phi) is 4.93. The van der Waals surface area contributed by atoms with Crippen LogP contribution in [0.25, 0.3) is 0 Å². The minimum Gasteiger partial charge on any atom is -0.466 e. The molecule has 1 rings (SSSR count). The molecule has 1 fully saturated rings.